The first-order chi connectivity index (χ1) is 11.0. The van der Waals surface area contributed by atoms with E-state index in [2.05, 4.69) is 5.32 Å². The van der Waals surface area contributed by atoms with Crippen molar-refractivity contribution in [2.24, 2.45) is 0 Å². The molecule has 3 atom stereocenters. The van der Waals surface area contributed by atoms with Crippen LogP contribution in [0.25, 0.3) is 0 Å². The second-order valence-corrected chi connectivity index (χ2v) is 7.41. The lowest BCUT2D eigenvalue weighted by molar-refractivity contribution is -0.173. The standard InChI is InChI=1S/C15H22INO7/c1-8(18)22-12-10(16)7-21-11(13(12)23-9(2)19)6-17-14(20)24-15(3,4)5/h7,11-13H,6H2,1-5H3,(H,17,20)/t11-,12-,13+/m1/s1. The highest BCUT2D eigenvalue weighted by Crippen LogP contribution is 2.29. The van der Waals surface area contributed by atoms with Crippen LogP contribution in [-0.2, 0) is 28.5 Å². The van der Waals surface area contributed by atoms with Crippen LogP contribution in [-0.4, -0.2) is 48.5 Å². The van der Waals surface area contributed by atoms with E-state index in [4.69, 9.17) is 18.9 Å². The summed E-state index contributed by atoms with van der Waals surface area (Å²) in [7, 11) is 0. The van der Waals surface area contributed by atoms with Gasteiger partial charge < -0.3 is 24.3 Å². The molecule has 1 aliphatic rings. The molecule has 1 rings (SSSR count). The van der Waals surface area contributed by atoms with Gasteiger partial charge in [0.2, 0.25) is 0 Å². The predicted molar refractivity (Wildman–Crippen MR) is 92.3 cm³/mol. The minimum atomic E-state index is -0.877. The summed E-state index contributed by atoms with van der Waals surface area (Å²) in [6, 6.07) is 0. The molecule has 0 spiro atoms. The quantitative estimate of drug-likeness (QED) is 0.394. The maximum atomic E-state index is 11.8. The summed E-state index contributed by atoms with van der Waals surface area (Å²) >= 11 is 1.94. The lowest BCUT2D eigenvalue weighted by atomic mass is 10.1. The van der Waals surface area contributed by atoms with Crippen LogP contribution in [0.15, 0.2) is 9.84 Å². The number of halogens is 1. The van der Waals surface area contributed by atoms with E-state index in [1.165, 1.54) is 20.1 Å². The van der Waals surface area contributed by atoms with Gasteiger partial charge in [0.1, 0.15) is 5.60 Å². The van der Waals surface area contributed by atoms with Crippen molar-refractivity contribution in [2.75, 3.05) is 6.54 Å². The van der Waals surface area contributed by atoms with E-state index in [1.807, 2.05) is 22.6 Å². The van der Waals surface area contributed by atoms with Crippen LogP contribution < -0.4 is 5.32 Å². The van der Waals surface area contributed by atoms with Crippen molar-refractivity contribution in [1.82, 2.24) is 5.32 Å². The van der Waals surface area contributed by atoms with Gasteiger partial charge in [-0.1, -0.05) is 0 Å². The van der Waals surface area contributed by atoms with E-state index in [9.17, 15) is 14.4 Å². The van der Waals surface area contributed by atoms with E-state index < -0.39 is 41.9 Å². The smallest absolute Gasteiger partial charge is 0.407 e. The van der Waals surface area contributed by atoms with Crippen LogP contribution >= 0.6 is 22.6 Å². The fourth-order valence-corrected chi connectivity index (χ4v) is 2.57. The molecule has 0 aromatic carbocycles. The van der Waals surface area contributed by atoms with Crippen LogP contribution in [0.1, 0.15) is 34.6 Å². The van der Waals surface area contributed by atoms with Gasteiger partial charge in [-0.15, -0.1) is 0 Å². The highest BCUT2D eigenvalue weighted by molar-refractivity contribution is 14.1. The van der Waals surface area contributed by atoms with Crippen molar-refractivity contribution in [3.8, 4) is 0 Å². The predicted octanol–water partition coefficient (Wildman–Crippen LogP) is 2.05. The molecule has 24 heavy (non-hydrogen) atoms. The Morgan fingerprint density at radius 2 is 1.79 bits per heavy atom. The maximum Gasteiger partial charge on any atom is 0.407 e. The SMILES string of the molecule is CC(=O)O[C@@H]1[C@H](OC(C)=O)C(I)=CO[C@@H]1CNC(=O)OC(C)(C)C. The number of carbonyl (C=O) groups excluding carboxylic acids is 3. The molecule has 0 aromatic rings. The summed E-state index contributed by atoms with van der Waals surface area (Å²) in [6.07, 6.45) is -1.59. The molecule has 1 heterocycles. The monoisotopic (exact) mass is 455 g/mol. The molecule has 1 aliphatic heterocycles. The van der Waals surface area contributed by atoms with Crippen LogP contribution in [0.5, 0.6) is 0 Å². The first kappa shape index (κ1) is 20.5. The average Bonchev–Trinajstić information content (AvgIpc) is 2.39. The van der Waals surface area contributed by atoms with Crippen LogP contribution in [0, 0.1) is 0 Å². The molecule has 0 aromatic heterocycles. The molecule has 8 nitrogen and oxygen atoms in total. The van der Waals surface area contributed by atoms with Gasteiger partial charge in [-0.2, -0.15) is 0 Å². The summed E-state index contributed by atoms with van der Waals surface area (Å²) in [5.41, 5.74) is -0.637. The van der Waals surface area contributed by atoms with E-state index in [-0.39, 0.29) is 6.54 Å². The van der Waals surface area contributed by atoms with Crippen molar-refractivity contribution in [2.45, 2.75) is 58.5 Å². The van der Waals surface area contributed by atoms with Crippen molar-refractivity contribution in [3.63, 3.8) is 0 Å². The van der Waals surface area contributed by atoms with Gasteiger partial charge in [0, 0.05) is 13.8 Å². The summed E-state index contributed by atoms with van der Waals surface area (Å²) in [6.45, 7) is 7.76. The van der Waals surface area contributed by atoms with Crippen LogP contribution in [0.3, 0.4) is 0 Å². The molecule has 0 radical (unpaired) electrons. The Morgan fingerprint density at radius 3 is 2.29 bits per heavy atom. The fourth-order valence-electron chi connectivity index (χ4n) is 1.94. The van der Waals surface area contributed by atoms with Crippen molar-refractivity contribution in [1.29, 1.82) is 0 Å². The van der Waals surface area contributed by atoms with E-state index >= 15 is 0 Å². The summed E-state index contributed by atoms with van der Waals surface area (Å²) in [4.78, 5) is 34.4. The summed E-state index contributed by atoms with van der Waals surface area (Å²) < 4.78 is 21.7. The van der Waals surface area contributed by atoms with E-state index in [1.54, 1.807) is 20.8 Å². The molecule has 1 N–H and O–H groups in total. The zero-order valence-corrected chi connectivity index (χ0v) is 16.4. The van der Waals surface area contributed by atoms with Gasteiger partial charge >= 0.3 is 18.0 Å². The molecule has 0 bridgehead atoms. The number of hydrogen-bond donors (Lipinski definition) is 1. The molecule has 0 aliphatic carbocycles. The minimum Gasteiger partial charge on any atom is -0.491 e. The molecule has 136 valence electrons. The number of hydrogen-bond acceptors (Lipinski definition) is 7. The Bertz CT molecular complexity index is 526. The number of nitrogens with one attached hydrogen (secondary N) is 1. The van der Waals surface area contributed by atoms with Gasteiger partial charge in [-0.25, -0.2) is 4.79 Å². The van der Waals surface area contributed by atoms with Gasteiger partial charge in [-0.05, 0) is 43.4 Å². The Kier molecular flexibility index (Phi) is 7.30. The van der Waals surface area contributed by atoms with Crippen molar-refractivity contribution in [3.05, 3.63) is 9.84 Å². The largest absolute Gasteiger partial charge is 0.491 e. The van der Waals surface area contributed by atoms with Gasteiger partial charge in [0.05, 0.1) is 16.4 Å². The molecule has 0 unspecified atom stereocenters. The number of carbonyl (C=O) groups is 3. The number of ether oxygens (including phenoxy) is 4. The first-order valence-electron chi connectivity index (χ1n) is 7.32. The lowest BCUT2D eigenvalue weighted by Gasteiger charge is -2.35. The number of esters is 2. The molecule has 1 amide bonds. The van der Waals surface area contributed by atoms with E-state index in [0.29, 0.717) is 3.58 Å². The summed E-state index contributed by atoms with van der Waals surface area (Å²) in [5.74, 6) is -1.06. The number of amides is 1. The average molecular weight is 455 g/mol. The molecular weight excluding hydrogens is 433 g/mol. The minimum absolute atomic E-state index is 0.0189. The van der Waals surface area contributed by atoms with Gasteiger partial charge in [0.15, 0.2) is 18.3 Å². The number of alkyl carbamates (subject to hydrolysis) is 1. The Balaban J connectivity index is 2.81. The third kappa shape index (κ3) is 6.93. The molecule has 0 saturated heterocycles. The molecule has 0 saturated carbocycles. The highest BCUT2D eigenvalue weighted by atomic mass is 127. The third-order valence-electron chi connectivity index (χ3n) is 2.73. The second kappa shape index (κ2) is 8.54. The van der Waals surface area contributed by atoms with Crippen molar-refractivity contribution >= 4 is 40.6 Å². The van der Waals surface area contributed by atoms with Crippen LogP contribution in [0.2, 0.25) is 0 Å². The molecule has 0 fully saturated rings. The van der Waals surface area contributed by atoms with Gasteiger partial charge in [0.25, 0.3) is 0 Å². The second-order valence-electron chi connectivity index (χ2n) is 6.16. The topological polar surface area (TPSA) is 100 Å². The van der Waals surface area contributed by atoms with Gasteiger partial charge in [-0.3, -0.25) is 9.59 Å². The fraction of sp³-hybridized carbons (Fsp3) is 0.667. The third-order valence-corrected chi connectivity index (χ3v) is 3.60. The summed E-state index contributed by atoms with van der Waals surface area (Å²) in [5, 5.41) is 2.55. The lowest BCUT2D eigenvalue weighted by Crippen LogP contribution is -2.51. The number of rotatable bonds is 4. The molecular formula is C15H22INO7. The van der Waals surface area contributed by atoms with E-state index in [0.717, 1.165) is 0 Å². The maximum absolute atomic E-state index is 11.8. The Labute approximate surface area is 154 Å². The Hall–Kier alpha value is -1.52. The normalized spacial score (nSPS) is 23.4. The zero-order valence-electron chi connectivity index (χ0n) is 14.3. The zero-order chi connectivity index (χ0) is 18.5. The highest BCUT2D eigenvalue weighted by Gasteiger charge is 2.41. The van der Waals surface area contributed by atoms with Crippen molar-refractivity contribution < 1.29 is 33.3 Å². The first-order valence-corrected chi connectivity index (χ1v) is 8.40. The Morgan fingerprint density at radius 1 is 1.21 bits per heavy atom. The van der Waals surface area contributed by atoms with Crippen LogP contribution in [0.4, 0.5) is 4.79 Å². The molecule has 9 heteroatoms.